The zero-order chi connectivity index (χ0) is 22.0. The summed E-state index contributed by atoms with van der Waals surface area (Å²) in [6.45, 7) is 2.96. The van der Waals surface area contributed by atoms with Crippen molar-refractivity contribution in [1.82, 2.24) is 10.2 Å². The number of benzene rings is 2. The first-order valence-electron chi connectivity index (χ1n) is 9.89. The molecular weight excluding hydrogens is 416 g/mol. The summed E-state index contributed by atoms with van der Waals surface area (Å²) in [5, 5.41) is 1.83. The van der Waals surface area contributed by atoms with Gasteiger partial charge < -0.3 is 14.4 Å². The number of methoxy groups -OCH3 is 1. The molecule has 2 aliphatic rings. The number of amides is 3. The molecular formula is C23H22N2O5S. The minimum absolute atomic E-state index is 0.0831. The van der Waals surface area contributed by atoms with Crippen LogP contribution in [0.3, 0.4) is 0 Å². The smallest absolute Gasteiger partial charge is 0.290 e. The van der Waals surface area contributed by atoms with Crippen molar-refractivity contribution < 1.29 is 23.9 Å². The number of ether oxygens (including phenoxy) is 2. The van der Waals surface area contributed by atoms with Gasteiger partial charge in [-0.05, 0) is 60.0 Å². The van der Waals surface area contributed by atoms with E-state index >= 15 is 0 Å². The van der Waals surface area contributed by atoms with Gasteiger partial charge in [0.15, 0.2) is 17.6 Å². The number of hydrogen-bond acceptors (Lipinski definition) is 6. The number of fused-ring (bicyclic) bond motifs is 1. The molecule has 2 aromatic carbocycles. The van der Waals surface area contributed by atoms with Crippen LogP contribution in [0, 0.1) is 0 Å². The van der Waals surface area contributed by atoms with Crippen LogP contribution < -0.4 is 14.8 Å². The summed E-state index contributed by atoms with van der Waals surface area (Å²) >= 11 is 0.851. The molecule has 1 fully saturated rings. The van der Waals surface area contributed by atoms with Crippen molar-refractivity contribution in [1.29, 1.82) is 0 Å². The Balaban J connectivity index is 1.46. The second-order valence-electron chi connectivity index (χ2n) is 7.30. The number of nitrogens with one attached hydrogen (secondary N) is 1. The van der Waals surface area contributed by atoms with E-state index < -0.39 is 17.3 Å². The third kappa shape index (κ3) is 4.59. The minimum atomic E-state index is -0.683. The van der Waals surface area contributed by atoms with Crippen molar-refractivity contribution in [3.8, 4) is 11.5 Å². The van der Waals surface area contributed by atoms with Gasteiger partial charge in [-0.25, -0.2) is 0 Å². The van der Waals surface area contributed by atoms with E-state index in [1.54, 1.807) is 31.2 Å². The second kappa shape index (κ2) is 8.85. The molecule has 0 spiro atoms. The van der Waals surface area contributed by atoms with E-state index in [0.717, 1.165) is 23.7 Å². The molecule has 31 heavy (non-hydrogen) atoms. The molecule has 1 saturated heterocycles. The SMILES string of the molecule is COc1cc(/C=C2/SC(=O)NC2=O)ccc1OC(C)C(=O)N1CCc2ccccc2C1. The molecule has 7 nitrogen and oxygen atoms in total. The fourth-order valence-electron chi connectivity index (χ4n) is 3.63. The van der Waals surface area contributed by atoms with Crippen LogP contribution in [0.5, 0.6) is 11.5 Å². The van der Waals surface area contributed by atoms with Crippen LogP contribution in [0.15, 0.2) is 47.4 Å². The highest BCUT2D eigenvalue weighted by Gasteiger charge is 2.27. The van der Waals surface area contributed by atoms with E-state index in [-0.39, 0.29) is 5.91 Å². The van der Waals surface area contributed by atoms with Gasteiger partial charge in [-0.2, -0.15) is 0 Å². The van der Waals surface area contributed by atoms with E-state index in [4.69, 9.17) is 9.47 Å². The number of thioether (sulfide) groups is 1. The van der Waals surface area contributed by atoms with Crippen molar-refractivity contribution in [3.05, 3.63) is 64.1 Å². The molecule has 4 rings (SSSR count). The maximum Gasteiger partial charge on any atom is 0.290 e. The van der Waals surface area contributed by atoms with E-state index in [2.05, 4.69) is 11.4 Å². The standard InChI is InChI=1S/C23H22N2O5S/c1-14(22(27)25-10-9-16-5-3-4-6-17(16)13-25)30-18-8-7-15(11-19(18)29-2)12-20-21(26)24-23(28)31-20/h3-8,11-12,14H,9-10,13H2,1-2H3,(H,24,26,28)/b20-12+. The van der Waals surface area contributed by atoms with Crippen LogP contribution >= 0.6 is 11.8 Å². The van der Waals surface area contributed by atoms with Gasteiger partial charge >= 0.3 is 0 Å². The van der Waals surface area contributed by atoms with Crippen molar-refractivity contribution in [2.45, 2.75) is 26.0 Å². The minimum Gasteiger partial charge on any atom is -0.493 e. The van der Waals surface area contributed by atoms with Crippen molar-refractivity contribution in [2.24, 2.45) is 0 Å². The molecule has 160 valence electrons. The molecule has 2 aromatic rings. The molecule has 1 atom stereocenters. The Morgan fingerprint density at radius 2 is 1.94 bits per heavy atom. The summed E-state index contributed by atoms with van der Waals surface area (Å²) in [7, 11) is 1.51. The maximum atomic E-state index is 12.9. The number of carbonyl (C=O) groups excluding carboxylic acids is 3. The van der Waals surface area contributed by atoms with Gasteiger partial charge in [0.05, 0.1) is 12.0 Å². The van der Waals surface area contributed by atoms with E-state index in [1.807, 2.05) is 23.1 Å². The Kier molecular flexibility index (Phi) is 5.99. The van der Waals surface area contributed by atoms with E-state index in [1.165, 1.54) is 12.7 Å². The normalized spacial score (nSPS) is 17.9. The highest BCUT2D eigenvalue weighted by Crippen LogP contribution is 2.32. The Labute approximate surface area is 184 Å². The molecule has 8 heteroatoms. The molecule has 2 heterocycles. The number of rotatable bonds is 5. The van der Waals surface area contributed by atoms with Crippen molar-refractivity contribution in [3.63, 3.8) is 0 Å². The summed E-state index contributed by atoms with van der Waals surface area (Å²) in [6, 6.07) is 13.3. The van der Waals surface area contributed by atoms with Gasteiger partial charge in [-0.3, -0.25) is 19.7 Å². The topological polar surface area (TPSA) is 84.9 Å². The van der Waals surface area contributed by atoms with Gasteiger partial charge in [-0.15, -0.1) is 0 Å². The zero-order valence-corrected chi connectivity index (χ0v) is 18.0. The quantitative estimate of drug-likeness (QED) is 0.721. The third-order valence-corrected chi connectivity index (χ3v) is 6.03. The summed E-state index contributed by atoms with van der Waals surface area (Å²) in [4.78, 5) is 38.1. The van der Waals surface area contributed by atoms with Gasteiger partial charge in [0.1, 0.15) is 0 Å². The van der Waals surface area contributed by atoms with Crippen LogP contribution in [-0.4, -0.2) is 41.7 Å². The lowest BCUT2D eigenvalue weighted by molar-refractivity contribution is -0.139. The lowest BCUT2D eigenvalue weighted by Gasteiger charge is -2.31. The highest BCUT2D eigenvalue weighted by molar-refractivity contribution is 8.18. The first-order valence-corrected chi connectivity index (χ1v) is 10.7. The predicted molar refractivity (Wildman–Crippen MR) is 118 cm³/mol. The zero-order valence-electron chi connectivity index (χ0n) is 17.2. The third-order valence-electron chi connectivity index (χ3n) is 5.22. The largest absolute Gasteiger partial charge is 0.493 e. The van der Waals surface area contributed by atoms with Crippen LogP contribution in [0.1, 0.15) is 23.6 Å². The number of imide groups is 1. The number of hydrogen-bond donors (Lipinski definition) is 1. The Morgan fingerprint density at radius 3 is 2.65 bits per heavy atom. The summed E-state index contributed by atoms with van der Waals surface area (Å²) < 4.78 is 11.3. The molecule has 0 bridgehead atoms. The summed E-state index contributed by atoms with van der Waals surface area (Å²) in [5.41, 5.74) is 3.13. The Bertz CT molecular complexity index is 1080. The summed E-state index contributed by atoms with van der Waals surface area (Å²) in [5.74, 6) is 0.368. The van der Waals surface area contributed by atoms with E-state index in [0.29, 0.717) is 35.1 Å². The van der Waals surface area contributed by atoms with Crippen molar-refractivity contribution >= 4 is 34.9 Å². The average Bonchev–Trinajstić information content (AvgIpc) is 3.10. The lowest BCUT2D eigenvalue weighted by atomic mass is 9.99. The molecule has 0 aromatic heterocycles. The van der Waals surface area contributed by atoms with Gasteiger partial charge in [0.25, 0.3) is 17.1 Å². The lowest BCUT2D eigenvalue weighted by Crippen LogP contribution is -2.43. The molecule has 0 aliphatic carbocycles. The van der Waals surface area contributed by atoms with Gasteiger partial charge in [0, 0.05) is 13.1 Å². The summed E-state index contributed by atoms with van der Waals surface area (Å²) in [6.07, 6.45) is 1.75. The predicted octanol–water partition coefficient (Wildman–Crippen LogP) is 3.37. The second-order valence-corrected chi connectivity index (χ2v) is 8.32. The fourth-order valence-corrected chi connectivity index (χ4v) is 4.31. The monoisotopic (exact) mass is 438 g/mol. The molecule has 3 amide bonds. The number of nitrogens with zero attached hydrogens (tertiary/aromatic N) is 1. The maximum absolute atomic E-state index is 12.9. The van der Waals surface area contributed by atoms with Gasteiger partial charge in [0.2, 0.25) is 0 Å². The molecule has 0 saturated carbocycles. The first-order chi connectivity index (χ1) is 14.9. The molecule has 0 radical (unpaired) electrons. The Hall–Kier alpha value is -3.26. The van der Waals surface area contributed by atoms with E-state index in [9.17, 15) is 14.4 Å². The fraction of sp³-hybridized carbons (Fsp3) is 0.261. The van der Waals surface area contributed by atoms with Crippen LogP contribution in [0.2, 0.25) is 0 Å². The first kappa shape index (κ1) is 21.0. The van der Waals surface area contributed by atoms with Crippen molar-refractivity contribution in [2.75, 3.05) is 13.7 Å². The van der Waals surface area contributed by atoms with Crippen LogP contribution in [0.4, 0.5) is 4.79 Å². The Morgan fingerprint density at radius 1 is 1.16 bits per heavy atom. The number of carbonyl (C=O) groups is 3. The van der Waals surface area contributed by atoms with Gasteiger partial charge in [-0.1, -0.05) is 30.3 Å². The average molecular weight is 439 g/mol. The molecule has 1 N–H and O–H groups in total. The highest BCUT2D eigenvalue weighted by atomic mass is 32.2. The van der Waals surface area contributed by atoms with Crippen LogP contribution in [-0.2, 0) is 22.6 Å². The molecule has 1 unspecified atom stereocenters. The molecule has 2 aliphatic heterocycles. The van der Waals surface area contributed by atoms with Crippen LogP contribution in [0.25, 0.3) is 6.08 Å².